The van der Waals surface area contributed by atoms with Gasteiger partial charge in [0.25, 0.3) is 0 Å². The number of hydrogen-bond donors (Lipinski definition) is 8. The summed E-state index contributed by atoms with van der Waals surface area (Å²) in [4.78, 5) is 4.96. The molecule has 124 valence electrons. The molecule has 0 spiro atoms. The van der Waals surface area contributed by atoms with Crippen LogP contribution < -0.4 is 11.5 Å². The highest BCUT2D eigenvalue weighted by Gasteiger charge is 2.52. The Morgan fingerprint density at radius 2 is 1.86 bits per heavy atom. The molecule has 0 amide bonds. The first-order valence-corrected chi connectivity index (χ1v) is 5.92. The van der Waals surface area contributed by atoms with Gasteiger partial charge < -0.3 is 46.6 Å². The molecule has 0 radical (unpaired) electrons. The second-order valence-electron chi connectivity index (χ2n) is 4.53. The Morgan fingerprint density at radius 3 is 2.05 bits per heavy atom. The van der Waals surface area contributed by atoms with Crippen molar-refractivity contribution in [2.45, 2.75) is 24.1 Å². The van der Waals surface area contributed by atoms with Gasteiger partial charge in [-0.2, -0.15) is 4.99 Å². The highest BCUT2D eigenvalue weighted by Crippen LogP contribution is 2.28. The topological polar surface area (TPSA) is 202 Å². The van der Waals surface area contributed by atoms with Crippen molar-refractivity contribution in [1.82, 2.24) is 4.90 Å². The van der Waals surface area contributed by atoms with Gasteiger partial charge in [0, 0.05) is 14.1 Å². The number of rotatable bonds is 2. The predicted octanol–water partition coefficient (Wildman–Crippen LogP) is -4.46. The Hall–Kier alpha value is -1.50. The fourth-order valence-corrected chi connectivity index (χ4v) is 1.37. The van der Waals surface area contributed by atoms with Crippen molar-refractivity contribution in [2.75, 3.05) is 27.3 Å². The summed E-state index contributed by atoms with van der Waals surface area (Å²) in [7, 11) is 3.38. The number of nitrogens with zero attached hydrogens (tertiary/aromatic N) is 2. The summed E-state index contributed by atoms with van der Waals surface area (Å²) in [6.07, 6.45) is -4.04. The van der Waals surface area contributed by atoms with E-state index in [1.807, 2.05) is 0 Å². The van der Waals surface area contributed by atoms with Crippen LogP contribution in [0.2, 0.25) is 0 Å². The minimum atomic E-state index is -2.16. The molecule has 4 atom stereocenters. The van der Waals surface area contributed by atoms with Gasteiger partial charge in [0.2, 0.25) is 11.7 Å². The van der Waals surface area contributed by atoms with Crippen LogP contribution >= 0.6 is 0 Å². The summed E-state index contributed by atoms with van der Waals surface area (Å²) in [5, 5.41) is 51.7. The lowest BCUT2D eigenvalue weighted by molar-refractivity contribution is -0.248. The lowest BCUT2D eigenvalue weighted by atomic mass is 10.1. The zero-order valence-electron chi connectivity index (χ0n) is 11.8. The van der Waals surface area contributed by atoms with Crippen LogP contribution in [-0.2, 0) is 4.74 Å². The molecule has 0 aliphatic carbocycles. The lowest BCUT2D eigenvalue weighted by Crippen LogP contribution is -2.46. The molecule has 0 bridgehead atoms. The van der Waals surface area contributed by atoms with Gasteiger partial charge in [0.05, 0.1) is 13.2 Å². The molecule has 0 aromatic rings. The number of nitrogens with one attached hydrogen (secondary N) is 1. The van der Waals surface area contributed by atoms with Gasteiger partial charge in [-0.1, -0.05) is 0 Å². The number of guanidine groups is 2. The zero-order valence-corrected chi connectivity index (χ0v) is 11.8. The Bertz CT molecular complexity index is 375. The standard InChI is InChI=1S/C6H12O6.C4H11N5/c7-1-3-4(9)5(10)6(11,2-8)12-3;1-9(2)4(7)8-3(5)6/h3-5,7-11H,1-2H2;1-2H3,(H5,5,6,7,8)/t3-,4+,5+,6?;/m1./s1. The van der Waals surface area contributed by atoms with Crippen molar-refractivity contribution in [3.8, 4) is 0 Å². The van der Waals surface area contributed by atoms with Gasteiger partial charge >= 0.3 is 0 Å². The van der Waals surface area contributed by atoms with Gasteiger partial charge in [0.15, 0.2) is 5.96 Å². The van der Waals surface area contributed by atoms with Gasteiger partial charge in [0.1, 0.15) is 18.3 Å². The van der Waals surface area contributed by atoms with Crippen molar-refractivity contribution in [3.05, 3.63) is 0 Å². The van der Waals surface area contributed by atoms with E-state index in [1.165, 1.54) is 4.90 Å². The molecule has 1 rings (SSSR count). The summed E-state index contributed by atoms with van der Waals surface area (Å²) >= 11 is 0. The van der Waals surface area contributed by atoms with Crippen LogP contribution in [0, 0.1) is 5.41 Å². The second kappa shape index (κ2) is 8.07. The van der Waals surface area contributed by atoms with E-state index >= 15 is 0 Å². The average Bonchev–Trinajstić information content (AvgIpc) is 2.63. The molecular weight excluding hydrogens is 286 g/mol. The highest BCUT2D eigenvalue weighted by atomic mass is 16.7. The largest absolute Gasteiger partial charge is 0.394 e. The van der Waals surface area contributed by atoms with E-state index in [-0.39, 0.29) is 11.9 Å². The molecule has 1 fully saturated rings. The first-order valence-electron chi connectivity index (χ1n) is 5.92. The zero-order chi connectivity index (χ0) is 16.8. The van der Waals surface area contributed by atoms with Crippen LogP contribution in [0.3, 0.4) is 0 Å². The highest BCUT2D eigenvalue weighted by molar-refractivity contribution is 5.91. The van der Waals surface area contributed by atoms with Crippen molar-refractivity contribution in [3.63, 3.8) is 0 Å². The van der Waals surface area contributed by atoms with E-state index in [2.05, 4.69) is 9.73 Å². The van der Waals surface area contributed by atoms with Crippen molar-refractivity contribution in [2.24, 2.45) is 16.5 Å². The Kier molecular flexibility index (Phi) is 7.49. The third-order valence-corrected chi connectivity index (χ3v) is 2.59. The van der Waals surface area contributed by atoms with Gasteiger partial charge in [-0.3, -0.25) is 5.41 Å². The summed E-state index contributed by atoms with van der Waals surface area (Å²) in [6.45, 7) is -1.36. The number of hydrogen-bond acceptors (Lipinski definition) is 7. The monoisotopic (exact) mass is 309 g/mol. The van der Waals surface area contributed by atoms with Gasteiger partial charge in [-0.25, -0.2) is 0 Å². The third-order valence-electron chi connectivity index (χ3n) is 2.59. The normalized spacial score (nSPS) is 31.1. The maximum Gasteiger partial charge on any atom is 0.220 e. The molecule has 1 heterocycles. The molecule has 1 aliphatic rings. The van der Waals surface area contributed by atoms with Crippen LogP contribution in [0.5, 0.6) is 0 Å². The van der Waals surface area contributed by atoms with Gasteiger partial charge in [-0.05, 0) is 0 Å². The molecular formula is C10H23N5O6. The van der Waals surface area contributed by atoms with E-state index in [4.69, 9.17) is 37.3 Å². The second-order valence-corrected chi connectivity index (χ2v) is 4.53. The number of nitrogens with two attached hydrogens (primary N) is 2. The Morgan fingerprint density at radius 1 is 1.33 bits per heavy atom. The van der Waals surface area contributed by atoms with Crippen molar-refractivity contribution in [1.29, 1.82) is 5.41 Å². The van der Waals surface area contributed by atoms with Gasteiger partial charge in [-0.15, -0.1) is 0 Å². The maximum absolute atomic E-state index is 9.25. The Labute approximate surface area is 121 Å². The van der Waals surface area contributed by atoms with Crippen molar-refractivity contribution < 1.29 is 30.3 Å². The van der Waals surface area contributed by atoms with Crippen molar-refractivity contribution >= 4 is 11.9 Å². The molecule has 0 aromatic carbocycles. The summed E-state index contributed by atoms with van der Waals surface area (Å²) in [5.41, 5.74) is 9.98. The first kappa shape index (κ1) is 19.5. The molecule has 1 saturated heterocycles. The molecule has 0 aromatic heterocycles. The molecule has 21 heavy (non-hydrogen) atoms. The molecule has 11 nitrogen and oxygen atoms in total. The minimum absolute atomic E-state index is 0.0509. The summed E-state index contributed by atoms with van der Waals surface area (Å²) < 4.78 is 4.63. The lowest BCUT2D eigenvalue weighted by Gasteiger charge is -2.22. The number of aliphatic hydroxyl groups excluding tert-OH is 4. The first-order chi connectivity index (χ1) is 9.58. The summed E-state index contributed by atoms with van der Waals surface area (Å²) in [5.74, 6) is -2.20. The maximum atomic E-state index is 9.25. The molecule has 10 N–H and O–H groups in total. The fourth-order valence-electron chi connectivity index (χ4n) is 1.37. The molecule has 0 saturated carbocycles. The number of aliphatic imine (C=N–C) groups is 1. The van der Waals surface area contributed by atoms with Crippen LogP contribution in [-0.4, -0.2) is 93.8 Å². The molecule has 11 heteroatoms. The number of ether oxygens (including phenoxy) is 1. The smallest absolute Gasteiger partial charge is 0.220 e. The van der Waals surface area contributed by atoms with E-state index in [0.717, 1.165) is 0 Å². The predicted molar refractivity (Wildman–Crippen MR) is 73.2 cm³/mol. The fraction of sp³-hybridized carbons (Fsp3) is 0.800. The summed E-state index contributed by atoms with van der Waals surface area (Å²) in [6, 6.07) is 0. The molecule has 1 unspecified atom stereocenters. The third kappa shape index (κ3) is 5.41. The average molecular weight is 309 g/mol. The minimum Gasteiger partial charge on any atom is -0.394 e. The number of aliphatic hydroxyl groups is 5. The van der Waals surface area contributed by atoms with E-state index in [1.54, 1.807) is 14.1 Å². The van der Waals surface area contributed by atoms with Crippen LogP contribution in [0.1, 0.15) is 0 Å². The Balaban J connectivity index is 0.000000400. The quantitative estimate of drug-likeness (QED) is 0.183. The van der Waals surface area contributed by atoms with Crippen LogP contribution in [0.25, 0.3) is 0 Å². The van der Waals surface area contributed by atoms with E-state index in [0.29, 0.717) is 0 Å². The SMILES string of the molecule is CN(C)C(=N)N=C(N)N.OC[C@H]1OC(O)(CO)[C@@H](O)[C@H]1O. The van der Waals surface area contributed by atoms with Crippen LogP contribution in [0.4, 0.5) is 0 Å². The molecule has 1 aliphatic heterocycles. The van der Waals surface area contributed by atoms with Crippen LogP contribution in [0.15, 0.2) is 4.99 Å². The van der Waals surface area contributed by atoms with E-state index < -0.39 is 37.3 Å². The van der Waals surface area contributed by atoms with E-state index in [9.17, 15) is 5.11 Å².